The SMILES string of the molecule is N#Cc1ccccc1-c1ccc(N2c3ccccc3Oc3ccccc32)cc1. The number of anilines is 3. The summed E-state index contributed by atoms with van der Waals surface area (Å²) in [5.74, 6) is 1.67. The molecule has 0 spiro atoms. The standard InChI is InChI=1S/C25H16N2O/c26-17-19-7-1-2-8-21(19)18-13-15-20(16-14-18)27-22-9-3-5-11-24(22)28-25-12-6-4-10-23(25)27/h1-16H. The summed E-state index contributed by atoms with van der Waals surface area (Å²) in [5.41, 5.74) is 5.70. The first-order chi connectivity index (χ1) is 13.8. The molecule has 28 heavy (non-hydrogen) atoms. The Hall–Kier alpha value is -4.03. The summed E-state index contributed by atoms with van der Waals surface area (Å²) >= 11 is 0. The topological polar surface area (TPSA) is 36.3 Å². The van der Waals surface area contributed by atoms with Crippen LogP contribution in [0.5, 0.6) is 11.5 Å². The molecule has 132 valence electrons. The van der Waals surface area contributed by atoms with E-state index in [4.69, 9.17) is 4.74 Å². The largest absolute Gasteiger partial charge is 0.453 e. The summed E-state index contributed by atoms with van der Waals surface area (Å²) < 4.78 is 6.07. The van der Waals surface area contributed by atoms with Crippen LogP contribution in [0.3, 0.4) is 0 Å². The van der Waals surface area contributed by atoms with Crippen molar-refractivity contribution >= 4 is 17.1 Å². The highest BCUT2D eigenvalue weighted by Crippen LogP contribution is 2.50. The predicted octanol–water partition coefficient (Wildman–Crippen LogP) is 6.80. The van der Waals surface area contributed by atoms with Crippen molar-refractivity contribution < 1.29 is 4.74 Å². The van der Waals surface area contributed by atoms with E-state index in [9.17, 15) is 5.26 Å². The first-order valence-electron chi connectivity index (χ1n) is 9.11. The van der Waals surface area contributed by atoms with Gasteiger partial charge in [-0.15, -0.1) is 0 Å². The molecule has 0 bridgehead atoms. The Morgan fingerprint density at radius 3 is 1.86 bits per heavy atom. The Labute approximate surface area is 163 Å². The van der Waals surface area contributed by atoms with E-state index >= 15 is 0 Å². The van der Waals surface area contributed by atoms with Gasteiger partial charge in [0.15, 0.2) is 11.5 Å². The van der Waals surface area contributed by atoms with Crippen molar-refractivity contribution in [3.8, 4) is 28.7 Å². The van der Waals surface area contributed by atoms with Crippen LogP contribution in [0.1, 0.15) is 5.56 Å². The normalized spacial score (nSPS) is 11.8. The fraction of sp³-hybridized carbons (Fsp3) is 0. The van der Waals surface area contributed by atoms with Gasteiger partial charge in [-0.05, 0) is 53.6 Å². The Bertz CT molecular complexity index is 1160. The van der Waals surface area contributed by atoms with Crippen LogP contribution in [0.25, 0.3) is 11.1 Å². The molecule has 0 saturated carbocycles. The molecule has 0 saturated heterocycles. The highest BCUT2D eigenvalue weighted by Gasteiger charge is 2.25. The number of nitrogens with zero attached hydrogens (tertiary/aromatic N) is 2. The number of hydrogen-bond acceptors (Lipinski definition) is 3. The molecule has 4 aromatic rings. The summed E-state index contributed by atoms with van der Waals surface area (Å²) in [4.78, 5) is 2.20. The zero-order valence-electron chi connectivity index (χ0n) is 15.0. The first kappa shape index (κ1) is 16.2. The van der Waals surface area contributed by atoms with Crippen molar-refractivity contribution in [3.05, 3.63) is 103 Å². The van der Waals surface area contributed by atoms with E-state index in [0.717, 1.165) is 39.7 Å². The lowest BCUT2D eigenvalue weighted by atomic mass is 10.00. The zero-order valence-corrected chi connectivity index (χ0v) is 15.0. The summed E-state index contributed by atoms with van der Waals surface area (Å²) in [5, 5.41) is 9.38. The number of ether oxygens (including phenoxy) is 1. The van der Waals surface area contributed by atoms with Gasteiger partial charge in [0, 0.05) is 5.69 Å². The molecule has 0 aliphatic carbocycles. The lowest BCUT2D eigenvalue weighted by molar-refractivity contribution is 0.477. The molecule has 0 N–H and O–H groups in total. The highest BCUT2D eigenvalue weighted by molar-refractivity contribution is 5.86. The van der Waals surface area contributed by atoms with Crippen LogP contribution >= 0.6 is 0 Å². The van der Waals surface area contributed by atoms with Gasteiger partial charge in [0.25, 0.3) is 0 Å². The number of hydrogen-bond donors (Lipinski definition) is 0. The van der Waals surface area contributed by atoms with Gasteiger partial charge in [0.2, 0.25) is 0 Å². The predicted molar refractivity (Wildman–Crippen MR) is 111 cm³/mol. The van der Waals surface area contributed by atoms with Gasteiger partial charge in [-0.2, -0.15) is 5.26 Å². The Morgan fingerprint density at radius 1 is 0.643 bits per heavy atom. The molecule has 0 fully saturated rings. The summed E-state index contributed by atoms with van der Waals surface area (Å²) in [6.45, 7) is 0. The number of rotatable bonds is 2. The van der Waals surface area contributed by atoms with E-state index in [1.807, 2.05) is 60.7 Å². The summed E-state index contributed by atoms with van der Waals surface area (Å²) in [6, 6.07) is 34.3. The zero-order chi connectivity index (χ0) is 18.9. The Balaban J connectivity index is 1.62. The van der Waals surface area contributed by atoms with Crippen LogP contribution in [0.4, 0.5) is 17.1 Å². The third kappa shape index (κ3) is 2.60. The van der Waals surface area contributed by atoms with Crippen molar-refractivity contribution in [2.75, 3.05) is 4.90 Å². The third-order valence-electron chi connectivity index (χ3n) is 4.92. The Morgan fingerprint density at radius 2 is 1.21 bits per heavy atom. The molecule has 0 aromatic heterocycles. The second-order valence-corrected chi connectivity index (χ2v) is 6.58. The molecule has 0 amide bonds. The molecule has 5 rings (SSSR count). The molecule has 1 aliphatic rings. The van der Waals surface area contributed by atoms with Gasteiger partial charge in [0.1, 0.15) is 0 Å². The molecule has 0 unspecified atom stereocenters. The van der Waals surface area contributed by atoms with E-state index < -0.39 is 0 Å². The van der Waals surface area contributed by atoms with Crippen molar-refractivity contribution in [2.24, 2.45) is 0 Å². The van der Waals surface area contributed by atoms with Gasteiger partial charge in [0.05, 0.1) is 23.0 Å². The van der Waals surface area contributed by atoms with Crippen LogP contribution in [0.2, 0.25) is 0 Å². The molecular weight excluding hydrogens is 344 g/mol. The monoisotopic (exact) mass is 360 g/mol. The maximum absolute atomic E-state index is 9.38. The van der Waals surface area contributed by atoms with Gasteiger partial charge >= 0.3 is 0 Å². The minimum absolute atomic E-state index is 0.678. The van der Waals surface area contributed by atoms with Crippen LogP contribution in [-0.2, 0) is 0 Å². The van der Waals surface area contributed by atoms with Gasteiger partial charge < -0.3 is 9.64 Å². The second kappa shape index (κ2) is 6.61. The number of nitriles is 1. The number of benzene rings is 4. The number of fused-ring (bicyclic) bond motifs is 2. The fourth-order valence-electron chi connectivity index (χ4n) is 3.61. The Kier molecular flexibility index (Phi) is 3.81. The second-order valence-electron chi connectivity index (χ2n) is 6.58. The number of para-hydroxylation sites is 4. The van der Waals surface area contributed by atoms with Crippen molar-refractivity contribution in [1.29, 1.82) is 5.26 Å². The average molecular weight is 360 g/mol. The lowest BCUT2D eigenvalue weighted by Gasteiger charge is -2.32. The van der Waals surface area contributed by atoms with E-state index in [2.05, 4.69) is 47.4 Å². The summed E-state index contributed by atoms with van der Waals surface area (Å²) in [7, 11) is 0. The highest BCUT2D eigenvalue weighted by atomic mass is 16.5. The minimum atomic E-state index is 0.678. The van der Waals surface area contributed by atoms with Crippen LogP contribution < -0.4 is 9.64 Å². The summed E-state index contributed by atoms with van der Waals surface area (Å²) in [6.07, 6.45) is 0. The van der Waals surface area contributed by atoms with E-state index in [1.165, 1.54) is 0 Å². The molecule has 0 atom stereocenters. The quantitative estimate of drug-likeness (QED) is 0.347. The van der Waals surface area contributed by atoms with Gasteiger partial charge in [-0.1, -0.05) is 54.6 Å². The van der Waals surface area contributed by atoms with Gasteiger partial charge in [-0.25, -0.2) is 0 Å². The lowest BCUT2D eigenvalue weighted by Crippen LogP contribution is -2.15. The fourth-order valence-corrected chi connectivity index (χ4v) is 3.61. The smallest absolute Gasteiger partial charge is 0.151 e. The molecule has 3 nitrogen and oxygen atoms in total. The molecule has 0 radical (unpaired) electrons. The van der Waals surface area contributed by atoms with Crippen LogP contribution in [0, 0.1) is 11.3 Å². The van der Waals surface area contributed by atoms with E-state index in [-0.39, 0.29) is 0 Å². The molecular formula is C25H16N2O. The van der Waals surface area contributed by atoms with E-state index in [1.54, 1.807) is 0 Å². The maximum Gasteiger partial charge on any atom is 0.151 e. The van der Waals surface area contributed by atoms with Crippen LogP contribution in [-0.4, -0.2) is 0 Å². The van der Waals surface area contributed by atoms with Crippen LogP contribution in [0.15, 0.2) is 97.1 Å². The van der Waals surface area contributed by atoms with Crippen molar-refractivity contribution in [1.82, 2.24) is 0 Å². The van der Waals surface area contributed by atoms with Crippen molar-refractivity contribution in [3.63, 3.8) is 0 Å². The maximum atomic E-state index is 9.38. The molecule has 1 aliphatic heterocycles. The minimum Gasteiger partial charge on any atom is -0.453 e. The van der Waals surface area contributed by atoms with Crippen molar-refractivity contribution in [2.45, 2.75) is 0 Å². The molecule has 1 heterocycles. The van der Waals surface area contributed by atoms with Gasteiger partial charge in [-0.3, -0.25) is 0 Å². The average Bonchev–Trinajstić information content (AvgIpc) is 2.77. The van der Waals surface area contributed by atoms with E-state index in [0.29, 0.717) is 5.56 Å². The first-order valence-corrected chi connectivity index (χ1v) is 9.11. The third-order valence-corrected chi connectivity index (χ3v) is 4.92. The molecule has 4 aromatic carbocycles. The molecule has 3 heteroatoms.